The zero-order valence-electron chi connectivity index (χ0n) is 12.0. The third kappa shape index (κ3) is 3.48. The van der Waals surface area contributed by atoms with E-state index in [0.717, 1.165) is 19.5 Å². The van der Waals surface area contributed by atoms with Gasteiger partial charge < -0.3 is 10.8 Å². The van der Waals surface area contributed by atoms with Crippen LogP contribution in [0.3, 0.4) is 0 Å². The van der Waals surface area contributed by atoms with Crippen LogP contribution in [0.1, 0.15) is 44.7 Å². The molecule has 1 saturated heterocycles. The molecule has 0 aliphatic carbocycles. The summed E-state index contributed by atoms with van der Waals surface area (Å²) in [7, 11) is 0. The van der Waals surface area contributed by atoms with E-state index in [1.807, 2.05) is 12.1 Å². The number of rotatable bonds is 4. The van der Waals surface area contributed by atoms with Gasteiger partial charge in [0, 0.05) is 18.6 Å². The van der Waals surface area contributed by atoms with Crippen molar-refractivity contribution in [2.24, 2.45) is 11.7 Å². The first-order valence-electron chi connectivity index (χ1n) is 7.40. The first kappa shape index (κ1) is 14.4. The first-order valence-corrected chi connectivity index (χ1v) is 7.40. The topological polar surface area (TPSA) is 49.5 Å². The normalized spacial score (nSPS) is 24.1. The standard InChI is InChI=1S/C16H26N2O/c1-3-16(13-6-8-15(19)9-7-13)18-10-4-5-14(11-18)12(2)17/h6-9,12,14,16,19H,3-5,10-11,17H2,1-2H3. The molecule has 3 heteroatoms. The Morgan fingerprint density at radius 2 is 2.05 bits per heavy atom. The number of aromatic hydroxyl groups is 1. The van der Waals surface area contributed by atoms with Crippen LogP contribution in [0.15, 0.2) is 24.3 Å². The number of benzene rings is 1. The summed E-state index contributed by atoms with van der Waals surface area (Å²) >= 11 is 0. The second-order valence-corrected chi connectivity index (χ2v) is 5.77. The van der Waals surface area contributed by atoms with Crippen molar-refractivity contribution in [2.45, 2.75) is 45.2 Å². The summed E-state index contributed by atoms with van der Waals surface area (Å²) in [5, 5.41) is 9.41. The van der Waals surface area contributed by atoms with E-state index in [2.05, 4.69) is 18.7 Å². The van der Waals surface area contributed by atoms with Crippen LogP contribution in [0.25, 0.3) is 0 Å². The maximum atomic E-state index is 9.41. The molecule has 0 bridgehead atoms. The number of nitrogens with zero attached hydrogens (tertiary/aromatic N) is 1. The largest absolute Gasteiger partial charge is 0.508 e. The molecule has 1 aromatic carbocycles. The molecule has 106 valence electrons. The van der Waals surface area contributed by atoms with Gasteiger partial charge in [-0.1, -0.05) is 19.1 Å². The Kier molecular flexibility index (Phi) is 4.83. The molecule has 0 aromatic heterocycles. The predicted molar refractivity (Wildman–Crippen MR) is 79.1 cm³/mol. The third-order valence-corrected chi connectivity index (χ3v) is 4.34. The Balaban J connectivity index is 2.10. The molecule has 3 unspecified atom stereocenters. The lowest BCUT2D eigenvalue weighted by Gasteiger charge is -2.39. The number of nitrogens with two attached hydrogens (primary N) is 1. The molecule has 0 amide bonds. The maximum Gasteiger partial charge on any atom is 0.115 e. The molecule has 2 rings (SSSR count). The molecule has 0 spiro atoms. The fraction of sp³-hybridized carbons (Fsp3) is 0.625. The molecule has 0 saturated carbocycles. The van der Waals surface area contributed by atoms with Gasteiger partial charge in [-0.15, -0.1) is 0 Å². The molecule has 1 aliphatic heterocycles. The molecule has 1 aromatic rings. The molecular weight excluding hydrogens is 236 g/mol. The average molecular weight is 262 g/mol. The Bertz CT molecular complexity index is 388. The van der Waals surface area contributed by atoms with Crippen molar-refractivity contribution in [3.05, 3.63) is 29.8 Å². The first-order chi connectivity index (χ1) is 9.11. The lowest BCUT2D eigenvalue weighted by atomic mass is 9.90. The van der Waals surface area contributed by atoms with Crippen molar-refractivity contribution in [3.63, 3.8) is 0 Å². The molecule has 3 nitrogen and oxygen atoms in total. The summed E-state index contributed by atoms with van der Waals surface area (Å²) < 4.78 is 0. The molecule has 1 fully saturated rings. The van der Waals surface area contributed by atoms with Crippen LogP contribution in [-0.2, 0) is 0 Å². The van der Waals surface area contributed by atoms with Gasteiger partial charge in [0.25, 0.3) is 0 Å². The summed E-state index contributed by atoms with van der Waals surface area (Å²) in [5.41, 5.74) is 7.37. The molecule has 0 radical (unpaired) electrons. The van der Waals surface area contributed by atoms with Gasteiger partial charge in [-0.25, -0.2) is 0 Å². The van der Waals surface area contributed by atoms with Crippen LogP contribution in [0.2, 0.25) is 0 Å². The Morgan fingerprint density at radius 3 is 2.63 bits per heavy atom. The SMILES string of the molecule is CCC(c1ccc(O)cc1)N1CCCC(C(C)N)C1. The average Bonchev–Trinajstić information content (AvgIpc) is 2.42. The minimum atomic E-state index is 0.278. The van der Waals surface area contributed by atoms with E-state index < -0.39 is 0 Å². The molecule has 3 N–H and O–H groups in total. The van der Waals surface area contributed by atoms with E-state index >= 15 is 0 Å². The zero-order chi connectivity index (χ0) is 13.8. The van der Waals surface area contributed by atoms with E-state index in [1.165, 1.54) is 18.4 Å². The highest BCUT2D eigenvalue weighted by molar-refractivity contribution is 5.28. The van der Waals surface area contributed by atoms with Crippen LogP contribution < -0.4 is 5.73 Å². The van der Waals surface area contributed by atoms with Crippen molar-refractivity contribution >= 4 is 0 Å². The van der Waals surface area contributed by atoms with Crippen LogP contribution >= 0.6 is 0 Å². The van der Waals surface area contributed by atoms with Crippen LogP contribution in [0, 0.1) is 5.92 Å². The quantitative estimate of drug-likeness (QED) is 0.877. The monoisotopic (exact) mass is 262 g/mol. The minimum absolute atomic E-state index is 0.278. The van der Waals surface area contributed by atoms with E-state index in [0.29, 0.717) is 17.7 Å². The summed E-state index contributed by atoms with van der Waals surface area (Å²) in [6, 6.07) is 8.37. The highest BCUT2D eigenvalue weighted by Crippen LogP contribution is 2.30. The van der Waals surface area contributed by atoms with Gasteiger partial charge in [-0.05, 0) is 56.3 Å². The van der Waals surface area contributed by atoms with E-state index in [-0.39, 0.29) is 6.04 Å². The smallest absolute Gasteiger partial charge is 0.115 e. The van der Waals surface area contributed by atoms with Crippen molar-refractivity contribution in [1.29, 1.82) is 0 Å². The van der Waals surface area contributed by atoms with Gasteiger partial charge in [-0.2, -0.15) is 0 Å². The minimum Gasteiger partial charge on any atom is -0.508 e. The number of piperidine rings is 1. The van der Waals surface area contributed by atoms with Gasteiger partial charge in [0.15, 0.2) is 0 Å². The van der Waals surface area contributed by atoms with E-state index in [1.54, 1.807) is 12.1 Å². The summed E-state index contributed by atoms with van der Waals surface area (Å²) in [6.45, 7) is 6.60. The third-order valence-electron chi connectivity index (χ3n) is 4.34. The van der Waals surface area contributed by atoms with Gasteiger partial charge in [0.05, 0.1) is 0 Å². The number of hydrogen-bond donors (Lipinski definition) is 2. The molecular formula is C16H26N2O. The molecule has 1 aliphatic rings. The number of phenols is 1. The Labute approximate surface area is 116 Å². The van der Waals surface area contributed by atoms with Crippen LogP contribution in [0.5, 0.6) is 5.75 Å². The van der Waals surface area contributed by atoms with Gasteiger partial charge in [0.1, 0.15) is 5.75 Å². The highest BCUT2D eigenvalue weighted by atomic mass is 16.3. The molecule has 3 atom stereocenters. The van der Waals surface area contributed by atoms with Crippen molar-refractivity contribution in [3.8, 4) is 5.75 Å². The van der Waals surface area contributed by atoms with Gasteiger partial charge in [0.2, 0.25) is 0 Å². The maximum absolute atomic E-state index is 9.41. The van der Waals surface area contributed by atoms with Crippen LogP contribution in [0.4, 0.5) is 0 Å². The number of likely N-dealkylation sites (tertiary alicyclic amines) is 1. The van der Waals surface area contributed by atoms with Gasteiger partial charge in [-0.3, -0.25) is 4.90 Å². The van der Waals surface area contributed by atoms with E-state index in [4.69, 9.17) is 5.73 Å². The summed E-state index contributed by atoms with van der Waals surface area (Å²) in [5.74, 6) is 0.950. The van der Waals surface area contributed by atoms with Crippen molar-refractivity contribution in [2.75, 3.05) is 13.1 Å². The molecule has 19 heavy (non-hydrogen) atoms. The fourth-order valence-electron chi connectivity index (χ4n) is 3.15. The number of phenolic OH excluding ortho intramolecular Hbond substituents is 1. The number of hydrogen-bond acceptors (Lipinski definition) is 3. The lowest BCUT2D eigenvalue weighted by Crippen LogP contribution is -2.43. The predicted octanol–water partition coefficient (Wildman–Crippen LogP) is 2.90. The second-order valence-electron chi connectivity index (χ2n) is 5.77. The summed E-state index contributed by atoms with van der Waals surface area (Å²) in [4.78, 5) is 2.56. The fourth-order valence-corrected chi connectivity index (χ4v) is 3.15. The van der Waals surface area contributed by atoms with Crippen LogP contribution in [-0.4, -0.2) is 29.1 Å². The Hall–Kier alpha value is -1.06. The van der Waals surface area contributed by atoms with Gasteiger partial charge >= 0.3 is 0 Å². The van der Waals surface area contributed by atoms with Crippen molar-refractivity contribution < 1.29 is 5.11 Å². The van der Waals surface area contributed by atoms with E-state index in [9.17, 15) is 5.11 Å². The Morgan fingerprint density at radius 1 is 1.37 bits per heavy atom. The highest BCUT2D eigenvalue weighted by Gasteiger charge is 2.27. The second kappa shape index (κ2) is 6.40. The lowest BCUT2D eigenvalue weighted by molar-refractivity contribution is 0.110. The molecule has 1 heterocycles. The summed E-state index contributed by atoms with van der Waals surface area (Å²) in [6.07, 6.45) is 3.58. The zero-order valence-corrected chi connectivity index (χ0v) is 12.0. The van der Waals surface area contributed by atoms with Crippen molar-refractivity contribution in [1.82, 2.24) is 4.90 Å².